The van der Waals surface area contributed by atoms with E-state index < -0.39 is 5.82 Å². The zero-order valence-electron chi connectivity index (χ0n) is 15.0. The van der Waals surface area contributed by atoms with E-state index in [1.165, 1.54) is 23.8 Å². The number of carbonyl (C=O) groups is 1. The molecule has 0 aliphatic carbocycles. The van der Waals surface area contributed by atoms with Crippen LogP contribution in [0.15, 0.2) is 59.4 Å². The molecule has 0 aliphatic rings. The third kappa shape index (κ3) is 5.24. The Morgan fingerprint density at radius 3 is 2.59 bits per heavy atom. The molecule has 3 aromatic rings. The van der Waals surface area contributed by atoms with Crippen LogP contribution in [-0.4, -0.2) is 28.9 Å². The van der Waals surface area contributed by atoms with Gasteiger partial charge in [-0.1, -0.05) is 30.3 Å². The number of hydrogen-bond acceptors (Lipinski definition) is 3. The van der Waals surface area contributed by atoms with Gasteiger partial charge in [-0.25, -0.2) is 4.39 Å². The number of nitrogens with zero attached hydrogens (tertiary/aromatic N) is 1. The lowest BCUT2D eigenvalue weighted by atomic mass is 10.1. The normalized spacial score (nSPS) is 11.2. The van der Waals surface area contributed by atoms with Gasteiger partial charge >= 0.3 is 0 Å². The molecule has 27 heavy (non-hydrogen) atoms. The van der Waals surface area contributed by atoms with E-state index >= 15 is 0 Å². The number of pyridine rings is 1. The molecule has 0 bridgehead atoms. The van der Waals surface area contributed by atoms with Gasteiger partial charge in [0.2, 0.25) is 5.91 Å². The second kappa shape index (κ2) is 8.60. The number of hydrogen-bond donors (Lipinski definition) is 2. The molecule has 5 nitrogen and oxygen atoms in total. The molecule has 0 fully saturated rings. The minimum absolute atomic E-state index is 0.226. The lowest BCUT2D eigenvalue weighted by Gasteiger charge is -2.22. The molecular formula is C21H22FN3O2. The predicted octanol–water partition coefficient (Wildman–Crippen LogP) is 2.59. The van der Waals surface area contributed by atoms with Crippen molar-refractivity contribution >= 4 is 16.8 Å². The van der Waals surface area contributed by atoms with Gasteiger partial charge in [-0.3, -0.25) is 14.5 Å². The molecule has 3 N–H and O–H groups in total. The fourth-order valence-electron chi connectivity index (χ4n) is 3.07. The predicted molar refractivity (Wildman–Crippen MR) is 104 cm³/mol. The molecule has 2 aromatic carbocycles. The van der Waals surface area contributed by atoms with Crippen molar-refractivity contribution in [1.82, 2.24) is 9.88 Å². The number of aromatic amines is 1. The first-order chi connectivity index (χ1) is 13.0. The minimum Gasteiger partial charge on any atom is -0.370 e. The van der Waals surface area contributed by atoms with Crippen molar-refractivity contribution in [2.75, 3.05) is 13.1 Å². The van der Waals surface area contributed by atoms with Gasteiger partial charge in [0.25, 0.3) is 0 Å². The fraction of sp³-hybridized carbons (Fsp3) is 0.238. The molecule has 0 aliphatic heterocycles. The largest absolute Gasteiger partial charge is 0.370 e. The van der Waals surface area contributed by atoms with E-state index in [1.54, 1.807) is 6.07 Å². The van der Waals surface area contributed by atoms with E-state index in [-0.39, 0.29) is 17.8 Å². The SMILES string of the molecule is NC(=O)CCN(CCc1ccccc1)Cc1cc(=O)c2cc(F)ccc2[nH]1. The maximum absolute atomic E-state index is 13.4. The molecule has 6 heteroatoms. The molecule has 0 saturated carbocycles. The van der Waals surface area contributed by atoms with E-state index in [2.05, 4.69) is 22.0 Å². The second-order valence-corrected chi connectivity index (χ2v) is 6.58. The van der Waals surface area contributed by atoms with Crippen LogP contribution in [0, 0.1) is 5.82 Å². The van der Waals surface area contributed by atoms with E-state index in [0.717, 1.165) is 18.7 Å². The molecule has 0 unspecified atom stereocenters. The first-order valence-electron chi connectivity index (χ1n) is 8.87. The van der Waals surface area contributed by atoms with Crippen molar-refractivity contribution in [2.24, 2.45) is 5.73 Å². The van der Waals surface area contributed by atoms with Gasteiger partial charge in [0.05, 0.1) is 0 Å². The highest BCUT2D eigenvalue weighted by Crippen LogP contribution is 2.12. The summed E-state index contributed by atoms with van der Waals surface area (Å²) in [6.45, 7) is 1.70. The van der Waals surface area contributed by atoms with Crippen molar-refractivity contribution in [1.29, 1.82) is 0 Å². The molecule has 0 atom stereocenters. The van der Waals surface area contributed by atoms with E-state index in [4.69, 9.17) is 5.73 Å². The number of nitrogens with two attached hydrogens (primary N) is 1. The Balaban J connectivity index is 1.78. The number of halogens is 1. The Morgan fingerprint density at radius 1 is 1.07 bits per heavy atom. The maximum Gasteiger partial charge on any atom is 0.218 e. The van der Waals surface area contributed by atoms with Crippen molar-refractivity contribution in [3.8, 4) is 0 Å². The van der Waals surface area contributed by atoms with Crippen LogP contribution in [0.2, 0.25) is 0 Å². The zero-order valence-corrected chi connectivity index (χ0v) is 15.0. The van der Waals surface area contributed by atoms with Gasteiger partial charge in [0.15, 0.2) is 5.43 Å². The topological polar surface area (TPSA) is 79.2 Å². The summed E-state index contributed by atoms with van der Waals surface area (Å²) in [4.78, 5) is 28.8. The number of carbonyl (C=O) groups excluding carboxylic acids is 1. The highest BCUT2D eigenvalue weighted by atomic mass is 19.1. The summed E-state index contributed by atoms with van der Waals surface area (Å²) in [7, 11) is 0. The average Bonchev–Trinajstić information content (AvgIpc) is 2.65. The quantitative estimate of drug-likeness (QED) is 0.642. The summed E-state index contributed by atoms with van der Waals surface area (Å²) in [5.74, 6) is -0.797. The third-order valence-electron chi connectivity index (χ3n) is 4.48. The Bertz CT molecular complexity index is 986. The van der Waals surface area contributed by atoms with Crippen LogP contribution in [0.4, 0.5) is 4.39 Å². The number of amides is 1. The molecule has 1 aromatic heterocycles. The molecule has 0 saturated heterocycles. The zero-order chi connectivity index (χ0) is 19.2. The van der Waals surface area contributed by atoms with Crippen molar-refractivity contribution in [3.05, 3.63) is 81.9 Å². The highest BCUT2D eigenvalue weighted by Gasteiger charge is 2.11. The number of nitrogens with one attached hydrogen (secondary N) is 1. The number of primary amides is 1. The van der Waals surface area contributed by atoms with Crippen molar-refractivity contribution in [2.45, 2.75) is 19.4 Å². The van der Waals surface area contributed by atoms with Gasteiger partial charge in [0.1, 0.15) is 5.82 Å². The summed E-state index contributed by atoms with van der Waals surface area (Å²) < 4.78 is 13.4. The van der Waals surface area contributed by atoms with Crippen LogP contribution in [0.5, 0.6) is 0 Å². The number of benzene rings is 2. The number of aromatic nitrogens is 1. The van der Waals surface area contributed by atoms with E-state index in [9.17, 15) is 14.0 Å². The lowest BCUT2D eigenvalue weighted by Crippen LogP contribution is -2.30. The smallest absolute Gasteiger partial charge is 0.218 e. The highest BCUT2D eigenvalue weighted by molar-refractivity contribution is 5.78. The Morgan fingerprint density at radius 2 is 1.85 bits per heavy atom. The number of fused-ring (bicyclic) bond motifs is 1. The van der Waals surface area contributed by atoms with Crippen molar-refractivity contribution in [3.63, 3.8) is 0 Å². The van der Waals surface area contributed by atoms with Gasteiger partial charge in [0, 0.05) is 48.7 Å². The van der Waals surface area contributed by atoms with E-state index in [0.29, 0.717) is 24.0 Å². The van der Waals surface area contributed by atoms with Gasteiger partial charge in [-0.15, -0.1) is 0 Å². The minimum atomic E-state index is -0.438. The monoisotopic (exact) mass is 367 g/mol. The van der Waals surface area contributed by atoms with Crippen LogP contribution in [0.1, 0.15) is 17.7 Å². The Kier molecular flexibility index (Phi) is 5.98. The summed E-state index contributed by atoms with van der Waals surface area (Å²) >= 11 is 0. The lowest BCUT2D eigenvalue weighted by molar-refractivity contribution is -0.118. The molecule has 0 radical (unpaired) electrons. The average molecular weight is 367 g/mol. The summed E-state index contributed by atoms with van der Waals surface area (Å²) in [5, 5.41) is 0.326. The van der Waals surface area contributed by atoms with E-state index in [1.807, 2.05) is 18.2 Å². The first kappa shape index (κ1) is 18.8. The molecule has 3 rings (SSSR count). The van der Waals surface area contributed by atoms with Crippen molar-refractivity contribution < 1.29 is 9.18 Å². The molecular weight excluding hydrogens is 345 g/mol. The van der Waals surface area contributed by atoms with Crippen LogP contribution in [0.3, 0.4) is 0 Å². The molecule has 0 spiro atoms. The fourth-order valence-corrected chi connectivity index (χ4v) is 3.07. The summed E-state index contributed by atoms with van der Waals surface area (Å²) in [5.41, 5.74) is 7.58. The number of rotatable bonds is 8. The second-order valence-electron chi connectivity index (χ2n) is 6.58. The third-order valence-corrected chi connectivity index (χ3v) is 4.48. The first-order valence-corrected chi connectivity index (χ1v) is 8.87. The van der Waals surface area contributed by atoms with Crippen LogP contribution >= 0.6 is 0 Å². The number of H-pyrrole nitrogens is 1. The summed E-state index contributed by atoms with van der Waals surface area (Å²) in [6.07, 6.45) is 1.07. The van der Waals surface area contributed by atoms with Gasteiger partial charge in [-0.2, -0.15) is 0 Å². The summed E-state index contributed by atoms with van der Waals surface area (Å²) in [6, 6.07) is 15.7. The van der Waals surface area contributed by atoms with Crippen LogP contribution in [0.25, 0.3) is 10.9 Å². The van der Waals surface area contributed by atoms with Crippen LogP contribution in [-0.2, 0) is 17.8 Å². The standard InChI is InChI=1S/C21H22FN3O2/c22-16-6-7-19-18(12-16)20(26)13-17(24-19)14-25(11-9-21(23)27)10-8-15-4-2-1-3-5-15/h1-7,12-13H,8-11,14H2,(H2,23,27)(H,24,26). The Hall–Kier alpha value is -2.99. The van der Waals surface area contributed by atoms with Gasteiger partial charge in [-0.05, 0) is 30.2 Å². The Labute approximate surface area is 156 Å². The van der Waals surface area contributed by atoms with Gasteiger partial charge < -0.3 is 10.7 Å². The maximum atomic E-state index is 13.4. The van der Waals surface area contributed by atoms with Crippen LogP contribution < -0.4 is 11.2 Å². The molecule has 1 amide bonds. The molecule has 1 heterocycles. The molecule has 140 valence electrons.